The molecule has 2 N–H and O–H groups in total. The molecule has 0 aliphatic heterocycles. The maximum Gasteiger partial charge on any atom is 0.344 e. The molecular weight excluding hydrogens is 232 g/mol. The molecule has 5 nitrogen and oxygen atoms in total. The van der Waals surface area contributed by atoms with Crippen molar-refractivity contribution in [2.24, 2.45) is 0 Å². The average Bonchev–Trinajstić information content (AvgIpc) is 2.38. The molecule has 0 fully saturated rings. The van der Waals surface area contributed by atoms with Crippen molar-refractivity contribution < 1.29 is 9.15 Å². The van der Waals surface area contributed by atoms with Gasteiger partial charge in [0.05, 0.1) is 12.5 Å². The number of nitrogen functional groups attached to an aromatic ring is 1. The number of aromatic nitrogens is 1. The number of fused-ring (bicyclic) bond motifs is 3. The Morgan fingerprint density at radius 3 is 2.83 bits per heavy atom. The van der Waals surface area contributed by atoms with E-state index in [0.29, 0.717) is 22.5 Å². The minimum atomic E-state index is -0.415. The van der Waals surface area contributed by atoms with Crippen molar-refractivity contribution in [1.82, 2.24) is 4.98 Å². The lowest BCUT2D eigenvalue weighted by Crippen LogP contribution is -2.01. The quantitative estimate of drug-likeness (QED) is 0.659. The molecule has 1 aromatic carbocycles. The summed E-state index contributed by atoms with van der Waals surface area (Å²) in [4.78, 5) is 15.9. The van der Waals surface area contributed by atoms with Crippen LogP contribution in [0.15, 0.2) is 39.7 Å². The molecule has 18 heavy (non-hydrogen) atoms. The summed E-state index contributed by atoms with van der Waals surface area (Å²) in [6, 6.07) is 6.79. The van der Waals surface area contributed by atoms with E-state index in [1.807, 2.05) is 6.07 Å². The maximum atomic E-state index is 11.9. The minimum absolute atomic E-state index is 0.318. The second-order valence-electron chi connectivity index (χ2n) is 3.91. The fraction of sp³-hybridized carbons (Fsp3) is 0.0769. The van der Waals surface area contributed by atoms with Gasteiger partial charge in [-0.1, -0.05) is 0 Å². The molecule has 3 aromatic rings. The van der Waals surface area contributed by atoms with Gasteiger partial charge in [-0.2, -0.15) is 0 Å². The van der Waals surface area contributed by atoms with Crippen LogP contribution in [0.1, 0.15) is 0 Å². The second kappa shape index (κ2) is 3.73. The summed E-state index contributed by atoms with van der Waals surface area (Å²) >= 11 is 0. The second-order valence-corrected chi connectivity index (χ2v) is 3.91. The Balaban J connectivity index is 2.51. The molecule has 0 amide bonds. The monoisotopic (exact) mass is 242 g/mol. The van der Waals surface area contributed by atoms with Gasteiger partial charge >= 0.3 is 5.63 Å². The van der Waals surface area contributed by atoms with Crippen molar-refractivity contribution >= 4 is 27.6 Å². The zero-order valence-corrected chi connectivity index (χ0v) is 9.64. The standard InChI is InChI=1S/C13H10N2O3/c1-17-7-2-3-8-9(4-7)13(16)18-11-5-12(14)15-6-10(8)11/h2-6H,1H3,(H2,14,15). The lowest BCUT2D eigenvalue weighted by molar-refractivity contribution is 0.415. The number of hydrogen-bond donors (Lipinski definition) is 1. The van der Waals surface area contributed by atoms with Crippen LogP contribution in [0.5, 0.6) is 5.75 Å². The largest absolute Gasteiger partial charge is 0.497 e. The SMILES string of the molecule is COc1ccc2c(c1)c(=O)oc1cc(N)ncc12. The number of rotatable bonds is 1. The minimum Gasteiger partial charge on any atom is -0.497 e. The first-order valence-electron chi connectivity index (χ1n) is 5.35. The molecule has 0 radical (unpaired) electrons. The Morgan fingerprint density at radius 1 is 1.22 bits per heavy atom. The molecule has 2 aromatic heterocycles. The van der Waals surface area contributed by atoms with E-state index >= 15 is 0 Å². The molecule has 90 valence electrons. The number of anilines is 1. The van der Waals surface area contributed by atoms with Crippen molar-refractivity contribution in [3.8, 4) is 5.75 Å². The lowest BCUT2D eigenvalue weighted by atomic mass is 10.1. The Morgan fingerprint density at radius 2 is 2.06 bits per heavy atom. The molecular formula is C13H10N2O3. The van der Waals surface area contributed by atoms with E-state index in [1.165, 1.54) is 0 Å². The fourth-order valence-electron chi connectivity index (χ4n) is 1.95. The third-order valence-electron chi connectivity index (χ3n) is 2.83. The van der Waals surface area contributed by atoms with Gasteiger partial charge in [0.2, 0.25) is 0 Å². The highest BCUT2D eigenvalue weighted by Crippen LogP contribution is 2.25. The van der Waals surface area contributed by atoms with E-state index in [0.717, 1.165) is 10.8 Å². The number of methoxy groups -OCH3 is 1. The van der Waals surface area contributed by atoms with E-state index in [-0.39, 0.29) is 0 Å². The highest BCUT2D eigenvalue weighted by Gasteiger charge is 2.09. The Labute approximate surface area is 102 Å². The van der Waals surface area contributed by atoms with E-state index < -0.39 is 5.63 Å². The van der Waals surface area contributed by atoms with Gasteiger partial charge in [-0.25, -0.2) is 9.78 Å². The molecule has 0 aliphatic rings. The normalized spacial score (nSPS) is 10.9. The molecule has 5 heteroatoms. The van der Waals surface area contributed by atoms with Crippen LogP contribution in [0.25, 0.3) is 21.7 Å². The lowest BCUT2D eigenvalue weighted by Gasteiger charge is -2.04. The summed E-state index contributed by atoms with van der Waals surface area (Å²) in [7, 11) is 1.55. The number of pyridine rings is 1. The third kappa shape index (κ3) is 1.48. The van der Waals surface area contributed by atoms with Crippen molar-refractivity contribution in [2.75, 3.05) is 12.8 Å². The van der Waals surface area contributed by atoms with Crippen molar-refractivity contribution in [1.29, 1.82) is 0 Å². The van der Waals surface area contributed by atoms with Crippen LogP contribution in [0.4, 0.5) is 5.82 Å². The summed E-state index contributed by atoms with van der Waals surface area (Å²) < 4.78 is 10.3. The summed E-state index contributed by atoms with van der Waals surface area (Å²) in [6.45, 7) is 0. The highest BCUT2D eigenvalue weighted by molar-refractivity contribution is 6.04. The molecule has 0 spiro atoms. The average molecular weight is 242 g/mol. The van der Waals surface area contributed by atoms with Gasteiger partial charge in [-0.3, -0.25) is 0 Å². The highest BCUT2D eigenvalue weighted by atomic mass is 16.5. The van der Waals surface area contributed by atoms with Crippen LogP contribution in [0.2, 0.25) is 0 Å². The van der Waals surface area contributed by atoms with Gasteiger partial charge in [0.25, 0.3) is 0 Å². The van der Waals surface area contributed by atoms with Crippen molar-refractivity contribution in [2.45, 2.75) is 0 Å². The van der Waals surface area contributed by atoms with Gasteiger partial charge < -0.3 is 14.9 Å². The zero-order valence-electron chi connectivity index (χ0n) is 9.64. The Kier molecular flexibility index (Phi) is 2.19. The molecule has 0 unspecified atom stereocenters. The number of nitrogens with zero attached hydrogens (tertiary/aromatic N) is 1. The topological polar surface area (TPSA) is 78.3 Å². The number of nitrogens with two attached hydrogens (primary N) is 1. The summed E-state index contributed by atoms with van der Waals surface area (Å²) in [5.41, 5.74) is 5.59. The summed E-state index contributed by atoms with van der Waals surface area (Å²) in [6.07, 6.45) is 1.60. The summed E-state index contributed by atoms with van der Waals surface area (Å²) in [5.74, 6) is 0.927. The van der Waals surface area contributed by atoms with Crippen LogP contribution in [-0.2, 0) is 0 Å². The smallest absolute Gasteiger partial charge is 0.344 e. The summed E-state index contributed by atoms with van der Waals surface area (Å²) in [5, 5.41) is 1.99. The number of benzene rings is 1. The van der Waals surface area contributed by atoms with Gasteiger partial charge in [-0.05, 0) is 18.2 Å². The van der Waals surface area contributed by atoms with Crippen LogP contribution in [-0.4, -0.2) is 12.1 Å². The molecule has 0 bridgehead atoms. The van der Waals surface area contributed by atoms with E-state index in [4.69, 9.17) is 14.9 Å². The van der Waals surface area contributed by atoms with Gasteiger partial charge in [0, 0.05) is 23.0 Å². The van der Waals surface area contributed by atoms with Crippen LogP contribution in [0.3, 0.4) is 0 Å². The predicted molar refractivity (Wildman–Crippen MR) is 68.7 cm³/mol. The van der Waals surface area contributed by atoms with Crippen LogP contribution < -0.4 is 16.1 Å². The van der Waals surface area contributed by atoms with E-state index in [9.17, 15) is 4.79 Å². The van der Waals surface area contributed by atoms with Gasteiger partial charge in [-0.15, -0.1) is 0 Å². The number of hydrogen-bond acceptors (Lipinski definition) is 5. The van der Waals surface area contributed by atoms with Gasteiger partial charge in [0.15, 0.2) is 0 Å². The van der Waals surface area contributed by atoms with Crippen LogP contribution >= 0.6 is 0 Å². The Bertz CT molecular complexity index is 808. The zero-order chi connectivity index (χ0) is 12.7. The molecule has 0 aliphatic carbocycles. The fourth-order valence-corrected chi connectivity index (χ4v) is 1.95. The molecule has 0 atom stereocenters. The molecule has 3 rings (SSSR count). The van der Waals surface area contributed by atoms with E-state index in [1.54, 1.807) is 31.5 Å². The first-order valence-corrected chi connectivity index (χ1v) is 5.35. The Hall–Kier alpha value is -2.56. The predicted octanol–water partition coefficient (Wildman–Crippen LogP) is 1.93. The van der Waals surface area contributed by atoms with Gasteiger partial charge in [0.1, 0.15) is 17.2 Å². The molecule has 0 saturated heterocycles. The first kappa shape index (κ1) is 10.6. The third-order valence-corrected chi connectivity index (χ3v) is 2.83. The van der Waals surface area contributed by atoms with E-state index in [2.05, 4.69) is 4.98 Å². The molecule has 0 saturated carbocycles. The van der Waals surface area contributed by atoms with Crippen molar-refractivity contribution in [3.63, 3.8) is 0 Å². The maximum absolute atomic E-state index is 11.9. The molecule has 2 heterocycles. The van der Waals surface area contributed by atoms with Crippen LogP contribution in [0, 0.1) is 0 Å². The van der Waals surface area contributed by atoms with Crippen molar-refractivity contribution in [3.05, 3.63) is 40.9 Å². The first-order chi connectivity index (χ1) is 8.69. The number of ether oxygens (including phenoxy) is 1.